The number of ether oxygens (including phenoxy) is 1. The van der Waals surface area contributed by atoms with Crippen LogP contribution in [-0.2, 0) is 12.0 Å². The summed E-state index contributed by atoms with van der Waals surface area (Å²) in [6, 6.07) is 11.6. The highest BCUT2D eigenvalue weighted by Gasteiger charge is 2.13. The fourth-order valence-electron chi connectivity index (χ4n) is 1.66. The number of furan rings is 1. The molecule has 18 heavy (non-hydrogen) atoms. The summed E-state index contributed by atoms with van der Waals surface area (Å²) in [5, 5.41) is 0. The third kappa shape index (κ3) is 2.93. The second-order valence-corrected chi connectivity index (χ2v) is 5.30. The molecule has 2 rings (SSSR count). The summed E-state index contributed by atoms with van der Waals surface area (Å²) in [6.45, 7) is 6.93. The van der Waals surface area contributed by atoms with Gasteiger partial charge in [0.2, 0.25) is 0 Å². The van der Waals surface area contributed by atoms with Crippen LogP contribution < -0.4 is 10.5 Å². The van der Waals surface area contributed by atoms with Crippen molar-refractivity contribution in [2.45, 2.75) is 32.7 Å². The van der Waals surface area contributed by atoms with Crippen LogP contribution in [0.25, 0.3) is 0 Å². The van der Waals surface area contributed by atoms with E-state index in [1.807, 2.05) is 18.2 Å². The van der Waals surface area contributed by atoms with Crippen LogP contribution in [0, 0.1) is 0 Å². The van der Waals surface area contributed by atoms with Crippen LogP contribution in [0.3, 0.4) is 0 Å². The van der Waals surface area contributed by atoms with Crippen LogP contribution in [0.5, 0.6) is 11.7 Å². The van der Waals surface area contributed by atoms with Gasteiger partial charge in [-0.05, 0) is 29.2 Å². The highest BCUT2D eigenvalue weighted by atomic mass is 16.6. The van der Waals surface area contributed by atoms with Gasteiger partial charge in [-0.15, -0.1) is 0 Å². The van der Waals surface area contributed by atoms with Crippen molar-refractivity contribution < 1.29 is 9.15 Å². The van der Waals surface area contributed by atoms with Gasteiger partial charge in [-0.25, -0.2) is 0 Å². The minimum absolute atomic E-state index is 0.149. The molecule has 2 N–H and O–H groups in total. The third-order valence-electron chi connectivity index (χ3n) is 2.78. The van der Waals surface area contributed by atoms with Gasteiger partial charge in [-0.2, -0.15) is 0 Å². The molecule has 1 aromatic heterocycles. The molecule has 1 aromatic carbocycles. The van der Waals surface area contributed by atoms with Gasteiger partial charge in [-0.3, -0.25) is 0 Å². The highest BCUT2D eigenvalue weighted by molar-refractivity contribution is 5.33. The molecule has 0 atom stereocenters. The maximum atomic E-state index is 5.61. The molecule has 2 aromatic rings. The van der Waals surface area contributed by atoms with E-state index in [1.54, 1.807) is 6.07 Å². The molecule has 0 radical (unpaired) electrons. The van der Waals surface area contributed by atoms with Crippen molar-refractivity contribution in [3.63, 3.8) is 0 Å². The third-order valence-corrected chi connectivity index (χ3v) is 2.78. The van der Waals surface area contributed by atoms with Crippen molar-refractivity contribution in [1.82, 2.24) is 0 Å². The number of hydrogen-bond donors (Lipinski definition) is 1. The lowest BCUT2D eigenvalue weighted by Gasteiger charge is -2.18. The SMILES string of the molecule is CC(C)(C)c1ccc(Oc2ccc(CN)o2)cc1. The van der Waals surface area contributed by atoms with Crippen LogP contribution in [0.1, 0.15) is 32.1 Å². The minimum Gasteiger partial charge on any atom is -0.429 e. The second kappa shape index (κ2) is 4.86. The summed E-state index contributed by atoms with van der Waals surface area (Å²) in [5.41, 5.74) is 6.90. The molecule has 0 saturated carbocycles. The Hall–Kier alpha value is -1.74. The summed E-state index contributed by atoms with van der Waals surface area (Å²) in [4.78, 5) is 0. The normalized spacial score (nSPS) is 11.6. The van der Waals surface area contributed by atoms with Gasteiger partial charge >= 0.3 is 0 Å². The van der Waals surface area contributed by atoms with Crippen LogP contribution >= 0.6 is 0 Å². The van der Waals surface area contributed by atoms with E-state index in [0.717, 1.165) is 11.5 Å². The fourth-order valence-corrected chi connectivity index (χ4v) is 1.66. The number of nitrogens with two attached hydrogens (primary N) is 1. The number of benzene rings is 1. The zero-order valence-electron chi connectivity index (χ0n) is 11.1. The Morgan fingerprint density at radius 1 is 1.06 bits per heavy atom. The molecular weight excluding hydrogens is 226 g/mol. The van der Waals surface area contributed by atoms with E-state index in [4.69, 9.17) is 14.9 Å². The van der Waals surface area contributed by atoms with Crippen LogP contribution in [0.4, 0.5) is 0 Å². The van der Waals surface area contributed by atoms with E-state index in [0.29, 0.717) is 12.5 Å². The Bertz CT molecular complexity index is 506. The topological polar surface area (TPSA) is 48.4 Å². The summed E-state index contributed by atoms with van der Waals surface area (Å²) in [6.07, 6.45) is 0. The van der Waals surface area contributed by atoms with Crippen molar-refractivity contribution in [2.24, 2.45) is 5.73 Å². The molecule has 0 amide bonds. The maximum Gasteiger partial charge on any atom is 0.290 e. The fraction of sp³-hybridized carbons (Fsp3) is 0.333. The molecule has 0 aliphatic rings. The van der Waals surface area contributed by atoms with Gasteiger partial charge in [0, 0.05) is 6.07 Å². The molecule has 0 aliphatic heterocycles. The molecule has 0 spiro atoms. The molecule has 0 bridgehead atoms. The van der Waals surface area contributed by atoms with Gasteiger partial charge in [0.1, 0.15) is 11.5 Å². The number of rotatable bonds is 3. The first-order valence-electron chi connectivity index (χ1n) is 6.06. The Labute approximate surface area is 108 Å². The second-order valence-electron chi connectivity index (χ2n) is 5.30. The first-order chi connectivity index (χ1) is 8.49. The number of hydrogen-bond acceptors (Lipinski definition) is 3. The average molecular weight is 245 g/mol. The van der Waals surface area contributed by atoms with Gasteiger partial charge in [0.05, 0.1) is 6.54 Å². The Balaban J connectivity index is 2.11. The van der Waals surface area contributed by atoms with Crippen molar-refractivity contribution >= 4 is 0 Å². The maximum absolute atomic E-state index is 5.61. The van der Waals surface area contributed by atoms with Crippen LogP contribution in [0.2, 0.25) is 0 Å². The largest absolute Gasteiger partial charge is 0.429 e. The quantitative estimate of drug-likeness (QED) is 0.894. The van der Waals surface area contributed by atoms with Crippen molar-refractivity contribution in [3.8, 4) is 11.7 Å². The van der Waals surface area contributed by atoms with Gasteiger partial charge < -0.3 is 14.9 Å². The molecule has 0 aliphatic carbocycles. The molecule has 0 unspecified atom stereocenters. The van der Waals surface area contributed by atoms with E-state index in [9.17, 15) is 0 Å². The molecule has 3 nitrogen and oxygen atoms in total. The van der Waals surface area contributed by atoms with E-state index in [1.165, 1.54) is 5.56 Å². The van der Waals surface area contributed by atoms with E-state index in [-0.39, 0.29) is 5.41 Å². The molecule has 3 heteroatoms. The predicted octanol–water partition coefficient (Wildman–Crippen LogP) is 3.83. The summed E-state index contributed by atoms with van der Waals surface area (Å²) in [7, 11) is 0. The molecule has 0 fully saturated rings. The minimum atomic E-state index is 0.149. The molecular formula is C15H19NO2. The van der Waals surface area contributed by atoms with E-state index in [2.05, 4.69) is 32.9 Å². The van der Waals surface area contributed by atoms with E-state index >= 15 is 0 Å². The summed E-state index contributed by atoms with van der Waals surface area (Å²) < 4.78 is 11.0. The Morgan fingerprint density at radius 3 is 2.22 bits per heavy atom. The van der Waals surface area contributed by atoms with Gasteiger partial charge in [-0.1, -0.05) is 32.9 Å². The molecule has 96 valence electrons. The lowest BCUT2D eigenvalue weighted by atomic mass is 9.87. The van der Waals surface area contributed by atoms with Gasteiger partial charge in [0.15, 0.2) is 0 Å². The standard InChI is InChI=1S/C15H19NO2/c1-15(2,3)11-4-6-12(7-5-11)17-14-9-8-13(10-16)18-14/h4-9H,10,16H2,1-3H3. The molecule has 1 heterocycles. The first kappa shape index (κ1) is 12.7. The summed E-state index contributed by atoms with van der Waals surface area (Å²) in [5.74, 6) is 1.95. The smallest absolute Gasteiger partial charge is 0.290 e. The first-order valence-corrected chi connectivity index (χ1v) is 6.06. The van der Waals surface area contributed by atoms with Crippen molar-refractivity contribution in [3.05, 3.63) is 47.7 Å². The zero-order chi connectivity index (χ0) is 13.2. The van der Waals surface area contributed by atoms with Crippen LogP contribution in [-0.4, -0.2) is 0 Å². The van der Waals surface area contributed by atoms with E-state index < -0.39 is 0 Å². The average Bonchev–Trinajstić information content (AvgIpc) is 2.76. The zero-order valence-corrected chi connectivity index (χ0v) is 11.1. The van der Waals surface area contributed by atoms with Crippen molar-refractivity contribution in [1.29, 1.82) is 0 Å². The monoisotopic (exact) mass is 245 g/mol. The van der Waals surface area contributed by atoms with Crippen molar-refractivity contribution in [2.75, 3.05) is 0 Å². The Kier molecular flexibility index (Phi) is 3.43. The van der Waals surface area contributed by atoms with Gasteiger partial charge in [0.25, 0.3) is 5.95 Å². The van der Waals surface area contributed by atoms with Crippen LogP contribution in [0.15, 0.2) is 40.8 Å². The predicted molar refractivity (Wildman–Crippen MR) is 71.8 cm³/mol. The highest BCUT2D eigenvalue weighted by Crippen LogP contribution is 2.27. The summed E-state index contributed by atoms with van der Waals surface area (Å²) >= 11 is 0. The lowest BCUT2D eigenvalue weighted by molar-refractivity contribution is 0.332. The lowest BCUT2D eigenvalue weighted by Crippen LogP contribution is -2.10. The Morgan fingerprint density at radius 2 is 1.72 bits per heavy atom. The molecule has 0 saturated heterocycles.